The largest absolute Gasteiger partial charge is 0.387 e. The van der Waals surface area contributed by atoms with Crippen molar-refractivity contribution in [2.45, 2.75) is 26.2 Å². The standard InChI is InChI=1S/C48H38N2/c1-48(2,3)40-28-38-19-21-41-43(35-13-11-32(12-14-35)31-7-9-33(10-8-31)34-23-26-49-27-24-34)30-44(42-22-20-39(29-40)46(38)47(41)42)36-15-17-37(18-16-36)45-6-4-5-25-50-45/h4-26,28-30,49H,27H2,1-3H3. The van der Waals surface area contributed by atoms with Crippen LogP contribution in [0, 0.1) is 0 Å². The maximum Gasteiger partial charge on any atom is 0.0701 e. The van der Waals surface area contributed by atoms with E-state index in [-0.39, 0.29) is 5.41 Å². The Hall–Kier alpha value is -5.99. The van der Waals surface area contributed by atoms with Crippen LogP contribution in [-0.2, 0) is 5.41 Å². The first-order valence-corrected chi connectivity index (χ1v) is 17.5. The molecule has 0 bridgehead atoms. The zero-order valence-corrected chi connectivity index (χ0v) is 28.7. The summed E-state index contributed by atoms with van der Waals surface area (Å²) in [4.78, 5) is 4.58. The molecule has 7 aromatic carbocycles. The number of rotatable bonds is 5. The fourth-order valence-electron chi connectivity index (χ4n) is 7.55. The Morgan fingerprint density at radius 3 is 1.62 bits per heavy atom. The van der Waals surface area contributed by atoms with E-state index in [0.29, 0.717) is 0 Å². The summed E-state index contributed by atoms with van der Waals surface area (Å²) in [5.74, 6) is 0. The second-order valence-electron chi connectivity index (χ2n) is 14.5. The lowest BCUT2D eigenvalue weighted by atomic mass is 9.81. The highest BCUT2D eigenvalue weighted by molar-refractivity contribution is 6.28. The molecule has 240 valence electrons. The van der Waals surface area contributed by atoms with Crippen molar-refractivity contribution in [2.24, 2.45) is 0 Å². The predicted molar refractivity (Wildman–Crippen MR) is 214 cm³/mol. The van der Waals surface area contributed by atoms with Gasteiger partial charge in [-0.25, -0.2) is 0 Å². The Balaban J connectivity index is 1.19. The molecule has 1 N–H and O–H groups in total. The first-order chi connectivity index (χ1) is 24.4. The van der Waals surface area contributed by atoms with Gasteiger partial charge in [0.2, 0.25) is 0 Å². The van der Waals surface area contributed by atoms with Crippen LogP contribution in [0.3, 0.4) is 0 Å². The third kappa shape index (κ3) is 5.25. The predicted octanol–water partition coefficient (Wildman–Crippen LogP) is 12.4. The molecule has 1 aromatic heterocycles. The number of aromatic nitrogens is 1. The third-order valence-corrected chi connectivity index (χ3v) is 10.3. The van der Waals surface area contributed by atoms with Crippen LogP contribution in [0.1, 0.15) is 31.9 Å². The Morgan fingerprint density at radius 1 is 0.540 bits per heavy atom. The van der Waals surface area contributed by atoms with E-state index < -0.39 is 0 Å². The first kappa shape index (κ1) is 30.1. The van der Waals surface area contributed by atoms with Crippen LogP contribution in [0.25, 0.3) is 82.5 Å². The highest BCUT2D eigenvalue weighted by Gasteiger charge is 2.20. The summed E-state index contributed by atoms with van der Waals surface area (Å²) in [6, 6.07) is 49.5. The number of dihydropyridines is 1. The molecular formula is C48H38N2. The van der Waals surface area contributed by atoms with E-state index in [2.05, 4.69) is 165 Å². The number of pyridine rings is 1. The monoisotopic (exact) mass is 642 g/mol. The van der Waals surface area contributed by atoms with Crippen molar-refractivity contribution in [3.05, 3.63) is 169 Å². The molecule has 0 amide bonds. The summed E-state index contributed by atoms with van der Waals surface area (Å²) in [5.41, 5.74) is 13.4. The Morgan fingerprint density at radius 2 is 1.10 bits per heavy atom. The zero-order chi connectivity index (χ0) is 33.8. The number of hydrogen-bond acceptors (Lipinski definition) is 2. The van der Waals surface area contributed by atoms with Gasteiger partial charge in [-0.1, -0.05) is 142 Å². The second-order valence-corrected chi connectivity index (χ2v) is 14.5. The van der Waals surface area contributed by atoms with E-state index in [1.165, 1.54) is 82.4 Å². The van der Waals surface area contributed by atoms with Gasteiger partial charge in [0.25, 0.3) is 0 Å². The minimum atomic E-state index is 0.0693. The number of nitrogens with zero attached hydrogens (tertiary/aromatic N) is 1. The molecule has 2 heteroatoms. The quantitative estimate of drug-likeness (QED) is 0.189. The van der Waals surface area contributed by atoms with E-state index in [1.807, 2.05) is 24.5 Å². The Bertz CT molecular complexity index is 2550. The normalized spacial score (nSPS) is 13.2. The molecule has 9 rings (SSSR count). The number of hydrogen-bond donors (Lipinski definition) is 1. The number of benzene rings is 7. The van der Waals surface area contributed by atoms with Gasteiger partial charge in [-0.05, 0) is 118 Å². The molecule has 0 aliphatic carbocycles. The summed E-state index contributed by atoms with van der Waals surface area (Å²) in [6.45, 7) is 7.76. The lowest BCUT2D eigenvalue weighted by molar-refractivity contribution is 0.591. The van der Waals surface area contributed by atoms with E-state index in [4.69, 9.17) is 0 Å². The van der Waals surface area contributed by atoms with Gasteiger partial charge in [-0.3, -0.25) is 4.98 Å². The van der Waals surface area contributed by atoms with Gasteiger partial charge in [0.15, 0.2) is 0 Å². The molecule has 0 radical (unpaired) electrons. The molecular weight excluding hydrogens is 605 g/mol. The topological polar surface area (TPSA) is 24.9 Å². The highest BCUT2D eigenvalue weighted by atomic mass is 14.8. The van der Waals surface area contributed by atoms with Crippen LogP contribution in [0.2, 0.25) is 0 Å². The summed E-state index contributed by atoms with van der Waals surface area (Å²) >= 11 is 0. The van der Waals surface area contributed by atoms with Crippen molar-refractivity contribution >= 4 is 37.9 Å². The molecule has 1 aliphatic rings. The highest BCUT2D eigenvalue weighted by Crippen LogP contribution is 2.45. The molecule has 2 heterocycles. The van der Waals surface area contributed by atoms with Crippen molar-refractivity contribution in [3.8, 4) is 44.6 Å². The van der Waals surface area contributed by atoms with E-state index in [9.17, 15) is 0 Å². The maximum absolute atomic E-state index is 4.58. The van der Waals surface area contributed by atoms with Crippen LogP contribution < -0.4 is 5.32 Å². The minimum absolute atomic E-state index is 0.0693. The lowest BCUT2D eigenvalue weighted by Crippen LogP contribution is -2.10. The third-order valence-electron chi connectivity index (χ3n) is 10.3. The SMILES string of the molecule is CC(C)(C)c1cc2ccc3c(-c4ccc(-c5ccc(C6=CCNC=C6)cc5)cc4)cc(-c4ccc(-c5ccccn5)cc4)c4ccc(c1)c2c34. The molecule has 0 atom stereocenters. The average Bonchev–Trinajstić information content (AvgIpc) is 3.17. The summed E-state index contributed by atoms with van der Waals surface area (Å²) in [5, 5.41) is 11.1. The molecule has 50 heavy (non-hydrogen) atoms. The van der Waals surface area contributed by atoms with Crippen molar-refractivity contribution in [1.29, 1.82) is 0 Å². The van der Waals surface area contributed by atoms with Gasteiger partial charge in [0.05, 0.1) is 5.69 Å². The Labute approximate surface area is 293 Å². The number of allylic oxidation sites excluding steroid dienone is 2. The van der Waals surface area contributed by atoms with E-state index in [1.54, 1.807) is 0 Å². The van der Waals surface area contributed by atoms with Gasteiger partial charge in [0.1, 0.15) is 0 Å². The van der Waals surface area contributed by atoms with Gasteiger partial charge < -0.3 is 5.32 Å². The van der Waals surface area contributed by atoms with Gasteiger partial charge >= 0.3 is 0 Å². The molecule has 1 aliphatic heterocycles. The lowest BCUT2D eigenvalue weighted by Gasteiger charge is -2.23. The van der Waals surface area contributed by atoms with Crippen LogP contribution in [-0.4, -0.2) is 11.5 Å². The fraction of sp³-hybridized carbons (Fsp3) is 0.104. The smallest absolute Gasteiger partial charge is 0.0701 e. The summed E-state index contributed by atoms with van der Waals surface area (Å²) in [6.07, 6.45) is 8.24. The van der Waals surface area contributed by atoms with Gasteiger partial charge in [-0.15, -0.1) is 0 Å². The molecule has 0 fully saturated rings. The summed E-state index contributed by atoms with van der Waals surface area (Å²) in [7, 11) is 0. The van der Waals surface area contributed by atoms with Gasteiger partial charge in [0, 0.05) is 18.3 Å². The minimum Gasteiger partial charge on any atom is -0.387 e. The summed E-state index contributed by atoms with van der Waals surface area (Å²) < 4.78 is 0. The number of nitrogens with one attached hydrogen (secondary N) is 1. The maximum atomic E-state index is 4.58. The second kappa shape index (κ2) is 11.9. The van der Waals surface area contributed by atoms with Crippen LogP contribution in [0.4, 0.5) is 0 Å². The van der Waals surface area contributed by atoms with Crippen LogP contribution >= 0.6 is 0 Å². The van der Waals surface area contributed by atoms with Crippen molar-refractivity contribution in [1.82, 2.24) is 10.3 Å². The van der Waals surface area contributed by atoms with E-state index in [0.717, 1.165) is 17.8 Å². The molecule has 2 nitrogen and oxygen atoms in total. The zero-order valence-electron chi connectivity index (χ0n) is 28.7. The molecule has 0 unspecified atom stereocenters. The fourth-order valence-corrected chi connectivity index (χ4v) is 7.55. The first-order valence-electron chi connectivity index (χ1n) is 17.5. The molecule has 8 aromatic rings. The Kier molecular flexibility index (Phi) is 7.14. The average molecular weight is 643 g/mol. The van der Waals surface area contributed by atoms with Crippen molar-refractivity contribution < 1.29 is 0 Å². The van der Waals surface area contributed by atoms with Crippen LogP contribution in [0.5, 0.6) is 0 Å². The van der Waals surface area contributed by atoms with Crippen molar-refractivity contribution in [3.63, 3.8) is 0 Å². The van der Waals surface area contributed by atoms with E-state index >= 15 is 0 Å². The van der Waals surface area contributed by atoms with Gasteiger partial charge in [-0.2, -0.15) is 0 Å². The molecule has 0 saturated heterocycles. The van der Waals surface area contributed by atoms with Crippen LogP contribution in [0.15, 0.2) is 158 Å². The molecule has 0 spiro atoms. The van der Waals surface area contributed by atoms with Crippen molar-refractivity contribution in [2.75, 3.05) is 6.54 Å². The molecule has 0 saturated carbocycles.